The number of rotatable bonds is 3. The molecule has 1 unspecified atom stereocenters. The number of ether oxygens (including phenoxy) is 2. The topological polar surface area (TPSA) is 66.8 Å². The number of diazo groups is 1. The van der Waals surface area contributed by atoms with Gasteiger partial charge >= 0.3 is 6.20 Å². The van der Waals surface area contributed by atoms with E-state index in [0.29, 0.717) is 0 Å². The third kappa shape index (κ3) is 2.35. The van der Waals surface area contributed by atoms with Crippen molar-refractivity contribution >= 4 is 10.8 Å². The molecule has 5 heteroatoms. The second-order valence-electron chi connectivity index (χ2n) is 6.33. The molecule has 0 heterocycles. The molecule has 1 aliphatic rings. The van der Waals surface area contributed by atoms with E-state index in [-0.39, 0.29) is 5.76 Å². The normalized spacial score (nSPS) is 20.3. The Balaban J connectivity index is 2.35. The van der Waals surface area contributed by atoms with Crippen molar-refractivity contribution in [2.24, 2.45) is 0 Å². The molecule has 0 bridgehead atoms. The molecule has 124 valence electrons. The summed E-state index contributed by atoms with van der Waals surface area (Å²) in [6.07, 6.45) is 3.74. The van der Waals surface area contributed by atoms with E-state index in [4.69, 9.17) is 14.9 Å². The van der Waals surface area contributed by atoms with Crippen molar-refractivity contribution < 1.29 is 14.6 Å². The van der Waals surface area contributed by atoms with Gasteiger partial charge in [0.1, 0.15) is 11.5 Å². The van der Waals surface area contributed by atoms with Crippen LogP contribution in [0.5, 0.6) is 11.5 Å². The molecule has 0 saturated carbocycles. The Morgan fingerprint density at radius 2 is 2.04 bits per heavy atom. The number of allylic oxidation sites excluding steroid dienone is 1. The molecule has 0 aromatic heterocycles. The molecule has 0 saturated heterocycles. The van der Waals surface area contributed by atoms with Crippen LogP contribution >= 0.6 is 0 Å². The second kappa shape index (κ2) is 6.04. The Bertz CT molecular complexity index is 867. The van der Waals surface area contributed by atoms with Gasteiger partial charge in [0, 0.05) is 5.39 Å². The number of aliphatic hydroxyl groups excluding tert-OH is 1. The van der Waals surface area contributed by atoms with Gasteiger partial charge in [-0.1, -0.05) is 0 Å². The monoisotopic (exact) mass is 325 g/mol. The molecule has 24 heavy (non-hydrogen) atoms. The zero-order chi connectivity index (χ0) is 17.3. The second-order valence-corrected chi connectivity index (χ2v) is 6.33. The molecule has 1 N–H and O–H groups in total. The number of hydrogen-bond acceptors (Lipinski definition) is 4. The highest BCUT2D eigenvalue weighted by Gasteiger charge is 2.39. The largest absolute Gasteiger partial charge is 0.505 e. The van der Waals surface area contributed by atoms with Crippen LogP contribution in [0.15, 0.2) is 36.2 Å². The van der Waals surface area contributed by atoms with E-state index < -0.39 is 5.41 Å². The van der Waals surface area contributed by atoms with Crippen molar-refractivity contribution in [1.82, 2.24) is 0 Å². The highest BCUT2D eigenvalue weighted by molar-refractivity contribution is 5.94. The molecule has 0 radical (unpaired) electrons. The fourth-order valence-electron chi connectivity index (χ4n) is 3.70. The third-order valence-electron chi connectivity index (χ3n) is 5.08. The van der Waals surface area contributed by atoms with E-state index >= 15 is 0 Å². The van der Waals surface area contributed by atoms with Gasteiger partial charge in [-0.15, -0.1) is 0 Å². The van der Waals surface area contributed by atoms with Crippen LogP contribution in [0.2, 0.25) is 0 Å². The van der Waals surface area contributed by atoms with Crippen LogP contribution in [0, 0.1) is 5.39 Å². The van der Waals surface area contributed by atoms with Crippen LogP contribution in [-0.4, -0.2) is 19.3 Å². The van der Waals surface area contributed by atoms with Gasteiger partial charge in [-0.05, 0) is 67.0 Å². The van der Waals surface area contributed by atoms with Gasteiger partial charge in [-0.2, -0.15) is 0 Å². The first kappa shape index (κ1) is 16.1. The summed E-state index contributed by atoms with van der Waals surface area (Å²) in [6.45, 7) is 1.97. The van der Waals surface area contributed by atoms with Crippen LogP contribution in [-0.2, 0) is 11.8 Å². The van der Waals surface area contributed by atoms with Gasteiger partial charge in [-0.25, -0.2) is 0 Å². The van der Waals surface area contributed by atoms with Crippen molar-refractivity contribution in [3.63, 3.8) is 0 Å². The number of fused-ring (bicyclic) bond motifs is 3. The fourth-order valence-corrected chi connectivity index (χ4v) is 3.70. The Hall–Kier alpha value is -2.74. The molecular formula is C19H21N2O3+. The number of benzene rings is 2. The molecule has 3 rings (SSSR count). The summed E-state index contributed by atoms with van der Waals surface area (Å²) in [5.41, 5.74) is 1.57. The summed E-state index contributed by atoms with van der Waals surface area (Å²) in [7, 11) is 3.29. The van der Waals surface area contributed by atoms with E-state index in [2.05, 4.69) is 4.98 Å². The lowest BCUT2D eigenvalue weighted by Gasteiger charge is -2.35. The first-order chi connectivity index (χ1) is 11.5. The highest BCUT2D eigenvalue weighted by atomic mass is 16.5. The van der Waals surface area contributed by atoms with Gasteiger partial charge in [0.2, 0.25) is 5.39 Å². The highest BCUT2D eigenvalue weighted by Crippen LogP contribution is 2.47. The van der Waals surface area contributed by atoms with Crippen LogP contribution in [0.4, 0.5) is 0 Å². The Morgan fingerprint density at radius 3 is 2.71 bits per heavy atom. The molecule has 0 spiro atoms. The molecule has 2 aromatic carbocycles. The van der Waals surface area contributed by atoms with Crippen molar-refractivity contribution in [3.8, 4) is 11.5 Å². The Kier molecular flexibility index (Phi) is 4.06. The summed E-state index contributed by atoms with van der Waals surface area (Å²) in [5.74, 6) is 1.60. The van der Waals surface area contributed by atoms with E-state index in [9.17, 15) is 5.11 Å². The predicted molar refractivity (Wildman–Crippen MR) is 93.1 cm³/mol. The number of methoxy groups -OCH3 is 2. The average Bonchev–Trinajstić information content (AvgIpc) is 2.61. The maximum absolute atomic E-state index is 10.5. The molecule has 1 atom stereocenters. The average molecular weight is 325 g/mol. The lowest BCUT2D eigenvalue weighted by atomic mass is 9.69. The lowest BCUT2D eigenvalue weighted by molar-refractivity contribution is 0.281. The lowest BCUT2D eigenvalue weighted by Crippen LogP contribution is -2.30. The molecular weight excluding hydrogens is 304 g/mol. The quantitative estimate of drug-likeness (QED) is 0.656. The zero-order valence-electron chi connectivity index (χ0n) is 14.2. The summed E-state index contributed by atoms with van der Waals surface area (Å²) in [6, 6.07) is 7.92. The summed E-state index contributed by atoms with van der Waals surface area (Å²) in [5, 5.41) is 21.4. The number of aliphatic hydroxyl groups is 1. The number of aryl methyl sites for hydroxylation is 1. The van der Waals surface area contributed by atoms with E-state index in [1.54, 1.807) is 14.2 Å². The summed E-state index contributed by atoms with van der Waals surface area (Å²) >= 11 is 0. The Labute approximate surface area is 141 Å². The SMILES string of the molecule is COc1ccc2c(OC)cc3c(c2c1)CCCC3(C)/C(O)=C/[N+]#N. The molecule has 2 aromatic rings. The third-order valence-corrected chi connectivity index (χ3v) is 5.08. The van der Waals surface area contributed by atoms with Crippen LogP contribution in [0.1, 0.15) is 30.9 Å². The molecule has 0 amide bonds. The minimum Gasteiger partial charge on any atom is -0.505 e. The Morgan fingerprint density at radius 1 is 1.25 bits per heavy atom. The van der Waals surface area contributed by atoms with Gasteiger partial charge in [0.05, 0.1) is 19.6 Å². The molecule has 1 aliphatic carbocycles. The maximum atomic E-state index is 10.5. The predicted octanol–water partition coefficient (Wildman–Crippen LogP) is 4.70. The van der Waals surface area contributed by atoms with Crippen molar-refractivity contribution in [3.05, 3.63) is 52.3 Å². The van der Waals surface area contributed by atoms with Crippen LogP contribution in [0.3, 0.4) is 0 Å². The van der Waals surface area contributed by atoms with Crippen molar-refractivity contribution in [2.75, 3.05) is 14.2 Å². The standard InChI is InChI=1S/C19H20N2O3/c1-19(18(22)11-21-20)8-4-5-13-15-9-12(23-2)6-7-14(15)17(24-3)10-16(13)19/h6-7,9-11H,4-5,8H2,1-3H3/p+1/b18-11-. The number of nitrogens with zero attached hydrogens (tertiary/aromatic N) is 2. The van der Waals surface area contributed by atoms with Crippen LogP contribution in [0.25, 0.3) is 15.7 Å². The van der Waals surface area contributed by atoms with E-state index in [1.165, 1.54) is 5.56 Å². The first-order valence-corrected chi connectivity index (χ1v) is 7.97. The maximum Gasteiger partial charge on any atom is 0.388 e. The van der Waals surface area contributed by atoms with Gasteiger partial charge in [0.15, 0.2) is 10.7 Å². The molecule has 5 nitrogen and oxygen atoms in total. The van der Waals surface area contributed by atoms with Crippen molar-refractivity contribution in [1.29, 1.82) is 5.39 Å². The first-order valence-electron chi connectivity index (χ1n) is 7.97. The summed E-state index contributed by atoms with van der Waals surface area (Å²) < 4.78 is 11.0. The van der Waals surface area contributed by atoms with Gasteiger partial charge < -0.3 is 14.6 Å². The molecule has 0 fully saturated rings. The minimum absolute atomic E-state index is 0.0512. The van der Waals surface area contributed by atoms with Crippen LogP contribution < -0.4 is 9.47 Å². The number of hydrogen-bond donors (Lipinski definition) is 1. The molecule has 0 aliphatic heterocycles. The smallest absolute Gasteiger partial charge is 0.388 e. The van der Waals surface area contributed by atoms with Crippen molar-refractivity contribution in [2.45, 2.75) is 31.6 Å². The fraction of sp³-hybridized carbons (Fsp3) is 0.368. The van der Waals surface area contributed by atoms with Gasteiger partial charge in [-0.3, -0.25) is 0 Å². The zero-order valence-corrected chi connectivity index (χ0v) is 14.2. The van der Waals surface area contributed by atoms with E-state index in [0.717, 1.165) is 53.3 Å². The minimum atomic E-state index is -0.607. The summed E-state index contributed by atoms with van der Waals surface area (Å²) in [4.78, 5) is 3.00. The van der Waals surface area contributed by atoms with Gasteiger partial charge in [0.25, 0.3) is 0 Å². The van der Waals surface area contributed by atoms with E-state index in [1.807, 2.05) is 31.2 Å².